The minimum Gasteiger partial charge on any atom is -0.428 e. The Balaban J connectivity index is 1.84. The SMILES string of the molecule is OCc1ccc2c(c1)C1(OO1)OC1=C(CCC=C1F)S2. The highest BCUT2D eigenvalue weighted by atomic mass is 32.2. The summed E-state index contributed by atoms with van der Waals surface area (Å²) >= 11 is 1.46. The van der Waals surface area contributed by atoms with Gasteiger partial charge >= 0.3 is 5.97 Å². The first-order valence-electron chi connectivity index (χ1n) is 6.29. The largest absolute Gasteiger partial charge is 0.428 e. The van der Waals surface area contributed by atoms with Crippen LogP contribution in [0.2, 0.25) is 0 Å². The van der Waals surface area contributed by atoms with E-state index in [1.807, 2.05) is 12.1 Å². The molecule has 4 rings (SSSR count). The van der Waals surface area contributed by atoms with Gasteiger partial charge in [-0.2, -0.15) is 0 Å². The van der Waals surface area contributed by atoms with E-state index in [0.717, 1.165) is 21.8 Å². The number of rotatable bonds is 1. The monoisotopic (exact) mass is 294 g/mol. The Labute approximate surface area is 118 Å². The summed E-state index contributed by atoms with van der Waals surface area (Å²) in [6.07, 6.45) is 2.88. The standard InChI is InChI=1S/C14H11FO4S/c15-10-2-1-3-12-13(10)17-14(18-19-14)9-6-8(7-16)4-5-11(9)20-12/h2,4-6,16H,1,3,7H2. The van der Waals surface area contributed by atoms with Gasteiger partial charge in [0.05, 0.1) is 12.2 Å². The van der Waals surface area contributed by atoms with Gasteiger partial charge in [0.1, 0.15) is 0 Å². The van der Waals surface area contributed by atoms with Crippen LogP contribution in [-0.2, 0) is 27.1 Å². The van der Waals surface area contributed by atoms with Crippen molar-refractivity contribution < 1.29 is 24.0 Å². The molecular weight excluding hydrogens is 283 g/mol. The van der Waals surface area contributed by atoms with Gasteiger partial charge < -0.3 is 9.84 Å². The number of benzene rings is 1. The number of thioether (sulfide) groups is 1. The van der Waals surface area contributed by atoms with Gasteiger partial charge in [0.2, 0.25) is 0 Å². The van der Waals surface area contributed by atoms with Gasteiger partial charge in [-0.05, 0) is 36.6 Å². The van der Waals surface area contributed by atoms with Crippen LogP contribution in [0, 0.1) is 0 Å². The lowest BCUT2D eigenvalue weighted by Gasteiger charge is -2.15. The molecule has 1 fully saturated rings. The van der Waals surface area contributed by atoms with Crippen molar-refractivity contribution in [3.8, 4) is 0 Å². The van der Waals surface area contributed by atoms with Crippen molar-refractivity contribution in [3.63, 3.8) is 0 Å². The second-order valence-electron chi connectivity index (χ2n) is 4.76. The maximum atomic E-state index is 14.0. The zero-order valence-corrected chi connectivity index (χ0v) is 11.2. The summed E-state index contributed by atoms with van der Waals surface area (Å²) in [5.41, 5.74) is 1.39. The molecule has 20 heavy (non-hydrogen) atoms. The maximum absolute atomic E-state index is 14.0. The predicted octanol–water partition coefficient (Wildman–Crippen LogP) is 3.23. The molecule has 3 aliphatic rings. The molecule has 0 saturated carbocycles. The average Bonchev–Trinajstić information content (AvgIpc) is 3.25. The van der Waals surface area contributed by atoms with E-state index < -0.39 is 5.97 Å². The molecule has 6 heteroatoms. The number of allylic oxidation sites excluding steroid dienone is 3. The lowest BCUT2D eigenvalue weighted by Crippen LogP contribution is -2.14. The molecule has 0 aromatic heterocycles. The fraction of sp³-hybridized carbons (Fsp3) is 0.286. The van der Waals surface area contributed by atoms with E-state index in [1.165, 1.54) is 17.8 Å². The average molecular weight is 294 g/mol. The normalized spacial score (nSPS) is 22.6. The molecular formula is C14H11FO4S. The molecule has 0 unspecified atom stereocenters. The molecule has 2 heterocycles. The van der Waals surface area contributed by atoms with Crippen LogP contribution in [0.25, 0.3) is 0 Å². The van der Waals surface area contributed by atoms with Crippen molar-refractivity contribution in [2.75, 3.05) is 0 Å². The molecule has 104 valence electrons. The Hall–Kier alpha value is -1.34. The molecule has 1 saturated heterocycles. The zero-order valence-electron chi connectivity index (χ0n) is 10.4. The third-order valence-electron chi connectivity index (χ3n) is 3.43. The summed E-state index contributed by atoms with van der Waals surface area (Å²) < 4.78 is 19.6. The Bertz CT molecular complexity index is 649. The number of aliphatic hydroxyl groups is 1. The third kappa shape index (κ3) is 1.80. The van der Waals surface area contributed by atoms with Gasteiger partial charge in [0, 0.05) is 9.80 Å². The van der Waals surface area contributed by atoms with Crippen molar-refractivity contribution in [2.24, 2.45) is 0 Å². The molecule has 0 atom stereocenters. The van der Waals surface area contributed by atoms with Gasteiger partial charge in [-0.15, -0.1) is 9.78 Å². The van der Waals surface area contributed by atoms with E-state index in [0.29, 0.717) is 12.0 Å². The van der Waals surface area contributed by atoms with Gasteiger partial charge in [-0.3, -0.25) is 0 Å². The van der Waals surface area contributed by atoms with E-state index in [9.17, 15) is 9.50 Å². The highest BCUT2D eigenvalue weighted by Gasteiger charge is 2.58. The van der Waals surface area contributed by atoms with Gasteiger partial charge in [-0.25, -0.2) is 4.39 Å². The molecule has 4 nitrogen and oxygen atoms in total. The summed E-state index contributed by atoms with van der Waals surface area (Å²) in [7, 11) is 0. The lowest BCUT2D eigenvalue weighted by atomic mass is 10.1. The van der Waals surface area contributed by atoms with Crippen LogP contribution in [-0.4, -0.2) is 5.11 Å². The fourth-order valence-electron chi connectivity index (χ4n) is 2.36. The number of fused-ring (bicyclic) bond motifs is 2. The molecule has 0 bridgehead atoms. The first kappa shape index (κ1) is 12.4. The van der Waals surface area contributed by atoms with Gasteiger partial charge in [-0.1, -0.05) is 17.8 Å². The zero-order chi connectivity index (χ0) is 13.7. The van der Waals surface area contributed by atoms with Gasteiger partial charge in [0.15, 0.2) is 11.6 Å². The quantitative estimate of drug-likeness (QED) is 0.636. The van der Waals surface area contributed by atoms with Crippen LogP contribution in [0.5, 0.6) is 0 Å². The minimum absolute atomic E-state index is 0.0879. The molecule has 1 spiro atoms. The van der Waals surface area contributed by atoms with Crippen LogP contribution in [0.1, 0.15) is 24.0 Å². The highest BCUT2D eigenvalue weighted by Crippen LogP contribution is 2.54. The summed E-state index contributed by atoms with van der Waals surface area (Å²) in [5, 5.41) is 9.24. The van der Waals surface area contributed by atoms with Crippen LogP contribution >= 0.6 is 11.8 Å². The number of hydrogen-bond donors (Lipinski definition) is 1. The van der Waals surface area contributed by atoms with E-state index >= 15 is 0 Å². The predicted molar refractivity (Wildman–Crippen MR) is 68.6 cm³/mol. The third-order valence-corrected chi connectivity index (χ3v) is 4.64. The molecule has 0 amide bonds. The second kappa shape index (κ2) is 4.33. The topological polar surface area (TPSA) is 54.5 Å². The van der Waals surface area contributed by atoms with E-state index in [1.54, 1.807) is 6.07 Å². The summed E-state index contributed by atoms with van der Waals surface area (Å²) in [6, 6.07) is 5.45. The van der Waals surface area contributed by atoms with Crippen molar-refractivity contribution in [1.82, 2.24) is 0 Å². The van der Waals surface area contributed by atoms with E-state index in [2.05, 4.69) is 0 Å². The molecule has 1 N–H and O–H groups in total. The molecule has 0 radical (unpaired) electrons. The van der Waals surface area contributed by atoms with Crippen molar-refractivity contribution >= 4 is 11.8 Å². The maximum Gasteiger partial charge on any atom is 0.411 e. The van der Waals surface area contributed by atoms with Crippen LogP contribution in [0.15, 0.2) is 45.7 Å². The smallest absolute Gasteiger partial charge is 0.411 e. The second-order valence-corrected chi connectivity index (χ2v) is 5.90. The lowest BCUT2D eigenvalue weighted by molar-refractivity contribution is -0.0151. The first-order chi connectivity index (χ1) is 9.72. The molecule has 1 aromatic rings. The number of aliphatic hydroxyl groups excluding tert-OH is 1. The van der Waals surface area contributed by atoms with Crippen molar-refractivity contribution in [1.29, 1.82) is 0 Å². The van der Waals surface area contributed by atoms with Crippen LogP contribution in [0.4, 0.5) is 4.39 Å². The molecule has 1 aliphatic carbocycles. The fourth-order valence-corrected chi connectivity index (χ4v) is 3.51. The summed E-state index contributed by atoms with van der Waals surface area (Å²) in [4.78, 5) is 11.7. The molecule has 2 aliphatic heterocycles. The van der Waals surface area contributed by atoms with E-state index in [-0.39, 0.29) is 18.2 Å². The van der Waals surface area contributed by atoms with E-state index in [4.69, 9.17) is 14.5 Å². The van der Waals surface area contributed by atoms with Gasteiger partial charge in [0.25, 0.3) is 0 Å². The first-order valence-corrected chi connectivity index (χ1v) is 7.11. The molecule has 1 aromatic carbocycles. The minimum atomic E-state index is -1.37. The number of ether oxygens (including phenoxy) is 1. The van der Waals surface area contributed by atoms with Crippen molar-refractivity contribution in [3.05, 3.63) is 51.9 Å². The van der Waals surface area contributed by atoms with Crippen LogP contribution < -0.4 is 0 Å². The Morgan fingerprint density at radius 2 is 2.20 bits per heavy atom. The Morgan fingerprint density at radius 1 is 1.35 bits per heavy atom. The van der Waals surface area contributed by atoms with Crippen molar-refractivity contribution in [2.45, 2.75) is 30.3 Å². The van der Waals surface area contributed by atoms with Crippen LogP contribution in [0.3, 0.4) is 0 Å². The summed E-state index contributed by atoms with van der Waals surface area (Å²) in [6.45, 7) is -0.0879. The highest BCUT2D eigenvalue weighted by molar-refractivity contribution is 8.03. The number of hydrogen-bond acceptors (Lipinski definition) is 5. The number of halogens is 1. The summed E-state index contributed by atoms with van der Waals surface area (Å²) in [5.74, 6) is -1.56. The Kier molecular flexibility index (Phi) is 2.68. The Morgan fingerprint density at radius 3 is 2.95 bits per heavy atom.